The van der Waals surface area contributed by atoms with E-state index in [1.807, 2.05) is 7.05 Å². The molecule has 2 saturated carbocycles. The highest BCUT2D eigenvalue weighted by Crippen LogP contribution is 2.34. The minimum Gasteiger partial charge on any atom is -0.379 e. The van der Waals surface area contributed by atoms with Gasteiger partial charge in [-0.15, -0.1) is 0 Å². The van der Waals surface area contributed by atoms with E-state index >= 15 is 0 Å². The average molecular weight is 434 g/mol. The van der Waals surface area contributed by atoms with E-state index in [1.165, 1.54) is 51.4 Å². The van der Waals surface area contributed by atoms with Crippen LogP contribution in [0, 0.1) is 5.92 Å². The summed E-state index contributed by atoms with van der Waals surface area (Å²) in [6.45, 7) is 6.39. The lowest BCUT2D eigenvalue weighted by Crippen LogP contribution is -2.61. The summed E-state index contributed by atoms with van der Waals surface area (Å²) in [4.78, 5) is 22.2. The molecule has 31 heavy (non-hydrogen) atoms. The molecule has 2 N–H and O–H groups in total. The third kappa shape index (κ3) is 5.72. The van der Waals surface area contributed by atoms with Crippen LogP contribution in [0.3, 0.4) is 0 Å². The molecule has 2 heterocycles. The monoisotopic (exact) mass is 433 g/mol. The largest absolute Gasteiger partial charge is 0.379 e. The van der Waals surface area contributed by atoms with Crippen LogP contribution in [-0.4, -0.2) is 86.2 Å². The fraction of sp³-hybridized carbons (Fsp3) is 0.917. The van der Waals surface area contributed by atoms with E-state index in [1.54, 1.807) is 0 Å². The van der Waals surface area contributed by atoms with Crippen LogP contribution in [0.4, 0.5) is 0 Å². The molecule has 4 aliphatic rings. The standard InChI is InChI=1S/C24H43N5O2/c1-25-23(26-19-24(11-6-3-7-12-24)29-14-16-31-17-15-29)27-21-10-13-28(18-21)22(30)20-8-4-2-5-9-20/h20-21H,2-19H2,1H3,(H2,25,26,27). The topological polar surface area (TPSA) is 69.2 Å². The first-order valence-corrected chi connectivity index (χ1v) is 12.8. The highest BCUT2D eigenvalue weighted by atomic mass is 16.5. The van der Waals surface area contributed by atoms with Crippen LogP contribution in [0.1, 0.15) is 70.6 Å². The van der Waals surface area contributed by atoms with Gasteiger partial charge in [-0.3, -0.25) is 14.7 Å². The van der Waals surface area contributed by atoms with E-state index < -0.39 is 0 Å². The number of aliphatic imine (C=N–C) groups is 1. The quantitative estimate of drug-likeness (QED) is 0.515. The van der Waals surface area contributed by atoms with Crippen molar-refractivity contribution in [2.45, 2.75) is 82.2 Å². The number of nitrogens with one attached hydrogen (secondary N) is 2. The molecule has 7 heteroatoms. The van der Waals surface area contributed by atoms with Gasteiger partial charge in [0.1, 0.15) is 0 Å². The van der Waals surface area contributed by atoms with Crippen LogP contribution in [0.2, 0.25) is 0 Å². The Labute approximate surface area is 188 Å². The molecular weight excluding hydrogens is 390 g/mol. The fourth-order valence-electron chi connectivity index (χ4n) is 6.17. The lowest BCUT2D eigenvalue weighted by molar-refractivity contribution is -0.135. The van der Waals surface area contributed by atoms with Crippen molar-refractivity contribution in [3.05, 3.63) is 0 Å². The van der Waals surface area contributed by atoms with Gasteiger partial charge in [0, 0.05) is 57.3 Å². The van der Waals surface area contributed by atoms with E-state index in [0.717, 1.165) is 71.2 Å². The van der Waals surface area contributed by atoms with Crippen LogP contribution in [0.25, 0.3) is 0 Å². The third-order valence-electron chi connectivity index (χ3n) is 8.07. The Kier molecular flexibility index (Phi) is 8.10. The zero-order valence-corrected chi connectivity index (χ0v) is 19.5. The predicted molar refractivity (Wildman–Crippen MR) is 124 cm³/mol. The maximum Gasteiger partial charge on any atom is 0.225 e. The van der Waals surface area contributed by atoms with Gasteiger partial charge < -0.3 is 20.3 Å². The SMILES string of the molecule is CN=C(NCC1(N2CCOCC2)CCCCC1)NC1CCN(C(=O)C2CCCCC2)C1. The number of hydrogen-bond donors (Lipinski definition) is 2. The summed E-state index contributed by atoms with van der Waals surface area (Å²) < 4.78 is 5.61. The van der Waals surface area contributed by atoms with Crippen LogP contribution >= 0.6 is 0 Å². The molecule has 0 aromatic carbocycles. The van der Waals surface area contributed by atoms with Crippen LogP contribution in [0.5, 0.6) is 0 Å². The van der Waals surface area contributed by atoms with Crippen molar-refractivity contribution in [2.75, 3.05) is 53.0 Å². The first-order valence-electron chi connectivity index (χ1n) is 12.8. The van der Waals surface area contributed by atoms with Crippen molar-refractivity contribution in [2.24, 2.45) is 10.9 Å². The zero-order valence-electron chi connectivity index (χ0n) is 19.5. The molecule has 0 radical (unpaired) electrons. The molecule has 4 rings (SSSR count). The Morgan fingerprint density at radius 2 is 1.71 bits per heavy atom. The van der Waals surface area contributed by atoms with Gasteiger partial charge in [0.15, 0.2) is 5.96 Å². The van der Waals surface area contributed by atoms with Gasteiger partial charge in [-0.05, 0) is 32.1 Å². The van der Waals surface area contributed by atoms with Crippen molar-refractivity contribution < 1.29 is 9.53 Å². The van der Waals surface area contributed by atoms with Crippen molar-refractivity contribution in [3.63, 3.8) is 0 Å². The first-order chi connectivity index (χ1) is 15.2. The summed E-state index contributed by atoms with van der Waals surface area (Å²) in [5.41, 5.74) is 0.221. The van der Waals surface area contributed by atoms with Crippen molar-refractivity contribution in [1.82, 2.24) is 20.4 Å². The van der Waals surface area contributed by atoms with Gasteiger partial charge in [0.2, 0.25) is 5.91 Å². The molecule has 1 unspecified atom stereocenters. The summed E-state index contributed by atoms with van der Waals surface area (Å²) in [6.07, 6.45) is 13.4. The molecule has 1 atom stereocenters. The fourth-order valence-corrected chi connectivity index (χ4v) is 6.17. The number of carbonyl (C=O) groups is 1. The third-order valence-corrected chi connectivity index (χ3v) is 8.07. The first kappa shape index (κ1) is 22.8. The molecule has 0 aromatic rings. The van der Waals surface area contributed by atoms with E-state index in [4.69, 9.17) is 4.74 Å². The molecule has 2 saturated heterocycles. The summed E-state index contributed by atoms with van der Waals surface area (Å²) in [5.74, 6) is 1.54. The van der Waals surface area contributed by atoms with Gasteiger partial charge >= 0.3 is 0 Å². The number of amides is 1. The number of rotatable bonds is 5. The van der Waals surface area contributed by atoms with Gasteiger partial charge in [-0.2, -0.15) is 0 Å². The molecular formula is C24H43N5O2. The van der Waals surface area contributed by atoms with Crippen molar-refractivity contribution >= 4 is 11.9 Å². The number of hydrogen-bond acceptors (Lipinski definition) is 4. The lowest BCUT2D eigenvalue weighted by atomic mass is 9.80. The maximum atomic E-state index is 12.9. The summed E-state index contributed by atoms with van der Waals surface area (Å²) in [6, 6.07) is 0.296. The molecule has 1 amide bonds. The minimum absolute atomic E-state index is 0.221. The van der Waals surface area contributed by atoms with Crippen LogP contribution < -0.4 is 10.6 Å². The second-order valence-corrected chi connectivity index (χ2v) is 10.1. The molecule has 0 spiro atoms. The molecule has 2 aliphatic carbocycles. The Hall–Kier alpha value is -1.34. The summed E-state index contributed by atoms with van der Waals surface area (Å²) in [7, 11) is 1.86. The van der Waals surface area contributed by atoms with Gasteiger partial charge in [-0.1, -0.05) is 38.5 Å². The Bertz CT molecular complexity index is 607. The molecule has 2 aliphatic heterocycles. The number of morpholine rings is 1. The number of likely N-dealkylation sites (tertiary alicyclic amines) is 1. The van der Waals surface area contributed by atoms with Crippen LogP contribution in [-0.2, 0) is 9.53 Å². The Morgan fingerprint density at radius 1 is 1.00 bits per heavy atom. The summed E-state index contributed by atoms with van der Waals surface area (Å²) >= 11 is 0. The second kappa shape index (κ2) is 11.0. The molecule has 176 valence electrons. The van der Waals surface area contributed by atoms with Crippen molar-refractivity contribution in [1.29, 1.82) is 0 Å². The highest BCUT2D eigenvalue weighted by Gasteiger charge is 2.39. The Morgan fingerprint density at radius 3 is 2.42 bits per heavy atom. The van der Waals surface area contributed by atoms with E-state index in [-0.39, 0.29) is 11.5 Å². The lowest BCUT2D eigenvalue weighted by Gasteiger charge is -2.48. The number of nitrogens with zero attached hydrogens (tertiary/aromatic N) is 3. The van der Waals surface area contributed by atoms with Gasteiger partial charge in [0.05, 0.1) is 13.2 Å². The predicted octanol–water partition coefficient (Wildman–Crippen LogP) is 2.37. The summed E-state index contributed by atoms with van der Waals surface area (Å²) in [5, 5.41) is 7.28. The average Bonchev–Trinajstić information content (AvgIpc) is 3.31. The second-order valence-electron chi connectivity index (χ2n) is 10.1. The highest BCUT2D eigenvalue weighted by molar-refractivity contribution is 5.81. The molecule has 7 nitrogen and oxygen atoms in total. The van der Waals surface area contributed by atoms with Crippen LogP contribution in [0.15, 0.2) is 4.99 Å². The van der Waals surface area contributed by atoms with Gasteiger partial charge in [-0.25, -0.2) is 0 Å². The van der Waals surface area contributed by atoms with E-state index in [2.05, 4.69) is 25.4 Å². The zero-order chi connectivity index (χ0) is 21.5. The van der Waals surface area contributed by atoms with Gasteiger partial charge in [0.25, 0.3) is 0 Å². The number of guanidine groups is 1. The molecule has 4 fully saturated rings. The number of ether oxygens (including phenoxy) is 1. The molecule has 0 bridgehead atoms. The van der Waals surface area contributed by atoms with E-state index in [9.17, 15) is 4.79 Å². The number of carbonyl (C=O) groups excluding carboxylic acids is 1. The van der Waals surface area contributed by atoms with Crippen molar-refractivity contribution in [3.8, 4) is 0 Å². The smallest absolute Gasteiger partial charge is 0.225 e. The Balaban J connectivity index is 1.28. The normalized spacial score (nSPS) is 28.5. The minimum atomic E-state index is 0.221. The maximum absolute atomic E-state index is 12.9. The van der Waals surface area contributed by atoms with E-state index in [0.29, 0.717) is 11.9 Å². The molecule has 0 aromatic heterocycles.